The Morgan fingerprint density at radius 1 is 1.00 bits per heavy atom. The second kappa shape index (κ2) is 7.53. The summed E-state index contributed by atoms with van der Waals surface area (Å²) in [6, 6.07) is 6.35. The van der Waals surface area contributed by atoms with Crippen LogP contribution in [0.3, 0.4) is 0 Å². The minimum absolute atomic E-state index is 0.305. The lowest BCUT2D eigenvalue weighted by Gasteiger charge is -2.29. The van der Waals surface area contributed by atoms with E-state index in [0.717, 1.165) is 11.5 Å². The van der Waals surface area contributed by atoms with Crippen molar-refractivity contribution < 1.29 is 9.47 Å². The van der Waals surface area contributed by atoms with Gasteiger partial charge in [-0.25, -0.2) is 0 Å². The van der Waals surface area contributed by atoms with Crippen LogP contribution in [0.2, 0.25) is 0 Å². The van der Waals surface area contributed by atoms with Crippen LogP contribution in [-0.4, -0.2) is 21.3 Å². The molecule has 3 nitrogen and oxygen atoms in total. The molecule has 0 aromatic heterocycles. The predicted octanol–water partition coefficient (Wildman–Crippen LogP) is 3.93. The Morgan fingerprint density at radius 3 is 2.00 bits per heavy atom. The van der Waals surface area contributed by atoms with E-state index in [9.17, 15) is 0 Å². The molecule has 1 aromatic carbocycles. The van der Waals surface area contributed by atoms with Gasteiger partial charge < -0.3 is 14.8 Å². The van der Waals surface area contributed by atoms with Gasteiger partial charge in [0.15, 0.2) is 0 Å². The highest BCUT2D eigenvalue weighted by Gasteiger charge is 2.28. The van der Waals surface area contributed by atoms with Crippen molar-refractivity contribution in [2.75, 3.05) is 21.3 Å². The fourth-order valence-electron chi connectivity index (χ4n) is 3.45. The van der Waals surface area contributed by atoms with Crippen molar-refractivity contribution >= 4 is 0 Å². The van der Waals surface area contributed by atoms with E-state index in [1.807, 2.05) is 25.2 Å². The maximum atomic E-state index is 5.57. The summed E-state index contributed by atoms with van der Waals surface area (Å²) in [5.74, 6) is 2.51. The molecule has 0 heterocycles. The highest BCUT2D eigenvalue weighted by Crippen LogP contribution is 2.41. The molecule has 1 aromatic rings. The molecule has 1 aliphatic carbocycles. The zero-order valence-electron chi connectivity index (χ0n) is 12.9. The van der Waals surface area contributed by atoms with Crippen LogP contribution in [0, 0.1) is 5.92 Å². The first-order valence-electron chi connectivity index (χ1n) is 7.70. The van der Waals surface area contributed by atoms with E-state index < -0.39 is 0 Å². The number of rotatable bonds is 5. The number of ether oxygens (including phenoxy) is 2. The van der Waals surface area contributed by atoms with Gasteiger partial charge in [-0.1, -0.05) is 31.7 Å². The van der Waals surface area contributed by atoms with Crippen LogP contribution in [0.25, 0.3) is 0 Å². The Balaban J connectivity index is 2.34. The third-order valence-electron chi connectivity index (χ3n) is 4.46. The topological polar surface area (TPSA) is 30.5 Å². The summed E-state index contributed by atoms with van der Waals surface area (Å²) in [6.07, 6.45) is 7.98. The van der Waals surface area contributed by atoms with Gasteiger partial charge in [0.05, 0.1) is 19.8 Å². The summed E-state index contributed by atoms with van der Waals surface area (Å²) in [6.45, 7) is 0. The first-order valence-corrected chi connectivity index (χ1v) is 7.70. The van der Waals surface area contributed by atoms with E-state index in [1.165, 1.54) is 44.1 Å². The number of hydrogen-bond donors (Lipinski definition) is 1. The molecule has 20 heavy (non-hydrogen) atoms. The van der Waals surface area contributed by atoms with Crippen molar-refractivity contribution in [3.63, 3.8) is 0 Å². The molecule has 0 radical (unpaired) electrons. The van der Waals surface area contributed by atoms with Crippen molar-refractivity contribution in [3.05, 3.63) is 23.8 Å². The Morgan fingerprint density at radius 2 is 1.55 bits per heavy atom. The lowest BCUT2D eigenvalue weighted by Crippen LogP contribution is -2.26. The normalized spacial score (nSPS) is 18.4. The molecule has 1 unspecified atom stereocenters. The standard InChI is InChI=1S/C17H27NO2/c1-18-17(13-9-6-4-5-7-10-13)16-14(19-2)11-8-12-15(16)20-3/h8,11-13,17-18H,4-7,9-10H2,1-3H3. The van der Waals surface area contributed by atoms with Crippen LogP contribution < -0.4 is 14.8 Å². The van der Waals surface area contributed by atoms with Crippen LogP contribution in [0.4, 0.5) is 0 Å². The summed E-state index contributed by atoms with van der Waals surface area (Å²) < 4.78 is 11.1. The largest absolute Gasteiger partial charge is 0.496 e. The second-order valence-corrected chi connectivity index (χ2v) is 5.59. The highest BCUT2D eigenvalue weighted by molar-refractivity contribution is 5.47. The average Bonchev–Trinajstić information content (AvgIpc) is 2.77. The van der Waals surface area contributed by atoms with E-state index >= 15 is 0 Å². The Kier molecular flexibility index (Phi) is 5.72. The molecule has 1 aliphatic rings. The van der Waals surface area contributed by atoms with Crippen molar-refractivity contribution in [1.82, 2.24) is 5.32 Å². The van der Waals surface area contributed by atoms with Crippen molar-refractivity contribution in [1.29, 1.82) is 0 Å². The van der Waals surface area contributed by atoms with Gasteiger partial charge in [-0.2, -0.15) is 0 Å². The number of nitrogens with one attached hydrogen (secondary N) is 1. The van der Waals surface area contributed by atoms with Crippen LogP contribution in [0.15, 0.2) is 18.2 Å². The number of benzene rings is 1. The van der Waals surface area contributed by atoms with Gasteiger partial charge in [0.2, 0.25) is 0 Å². The second-order valence-electron chi connectivity index (χ2n) is 5.59. The smallest absolute Gasteiger partial charge is 0.127 e. The van der Waals surface area contributed by atoms with Gasteiger partial charge in [-0.15, -0.1) is 0 Å². The minimum Gasteiger partial charge on any atom is -0.496 e. The molecule has 1 saturated carbocycles. The zero-order chi connectivity index (χ0) is 14.4. The highest BCUT2D eigenvalue weighted by atomic mass is 16.5. The Hall–Kier alpha value is -1.22. The molecule has 2 rings (SSSR count). The first kappa shape index (κ1) is 15.2. The average molecular weight is 277 g/mol. The molecule has 0 spiro atoms. The van der Waals surface area contributed by atoms with Crippen LogP contribution in [0.5, 0.6) is 11.5 Å². The van der Waals surface area contributed by atoms with Crippen molar-refractivity contribution in [2.45, 2.75) is 44.6 Å². The maximum absolute atomic E-state index is 5.57. The van der Waals surface area contributed by atoms with E-state index in [-0.39, 0.29) is 0 Å². The zero-order valence-corrected chi connectivity index (χ0v) is 12.9. The SMILES string of the molecule is CNC(c1c(OC)cccc1OC)C1CCCCCC1. The van der Waals surface area contributed by atoms with E-state index in [0.29, 0.717) is 12.0 Å². The molecule has 112 valence electrons. The molecule has 3 heteroatoms. The quantitative estimate of drug-likeness (QED) is 0.827. The van der Waals surface area contributed by atoms with Crippen LogP contribution >= 0.6 is 0 Å². The van der Waals surface area contributed by atoms with Gasteiger partial charge in [-0.05, 0) is 37.9 Å². The van der Waals surface area contributed by atoms with Gasteiger partial charge in [0.1, 0.15) is 11.5 Å². The van der Waals surface area contributed by atoms with Gasteiger partial charge in [-0.3, -0.25) is 0 Å². The monoisotopic (exact) mass is 277 g/mol. The fourth-order valence-corrected chi connectivity index (χ4v) is 3.45. The molecule has 0 saturated heterocycles. The van der Waals surface area contributed by atoms with E-state index in [1.54, 1.807) is 14.2 Å². The van der Waals surface area contributed by atoms with Crippen molar-refractivity contribution in [3.8, 4) is 11.5 Å². The van der Waals surface area contributed by atoms with Gasteiger partial charge >= 0.3 is 0 Å². The molecule has 0 bridgehead atoms. The molecular formula is C17H27NO2. The lowest BCUT2D eigenvalue weighted by atomic mass is 9.86. The predicted molar refractivity (Wildman–Crippen MR) is 82.5 cm³/mol. The number of hydrogen-bond acceptors (Lipinski definition) is 3. The van der Waals surface area contributed by atoms with Gasteiger partial charge in [0, 0.05) is 6.04 Å². The minimum atomic E-state index is 0.305. The van der Waals surface area contributed by atoms with E-state index in [2.05, 4.69) is 5.32 Å². The van der Waals surface area contributed by atoms with Crippen LogP contribution in [0.1, 0.15) is 50.1 Å². The molecule has 1 fully saturated rings. The van der Waals surface area contributed by atoms with Crippen LogP contribution in [-0.2, 0) is 0 Å². The molecular weight excluding hydrogens is 250 g/mol. The summed E-state index contributed by atoms with van der Waals surface area (Å²) in [5.41, 5.74) is 1.17. The third kappa shape index (κ3) is 3.26. The lowest BCUT2D eigenvalue weighted by molar-refractivity contribution is 0.311. The van der Waals surface area contributed by atoms with E-state index in [4.69, 9.17) is 9.47 Å². The number of methoxy groups -OCH3 is 2. The van der Waals surface area contributed by atoms with Gasteiger partial charge in [0.25, 0.3) is 0 Å². The summed E-state index contributed by atoms with van der Waals surface area (Å²) >= 11 is 0. The molecule has 0 amide bonds. The molecule has 0 aliphatic heterocycles. The Bertz CT molecular complexity index is 389. The maximum Gasteiger partial charge on any atom is 0.127 e. The third-order valence-corrected chi connectivity index (χ3v) is 4.46. The van der Waals surface area contributed by atoms with Crippen molar-refractivity contribution in [2.24, 2.45) is 5.92 Å². The Labute approximate surface area is 122 Å². The molecule has 1 N–H and O–H groups in total. The fraction of sp³-hybridized carbons (Fsp3) is 0.647. The first-order chi connectivity index (χ1) is 9.81. The summed E-state index contributed by atoms with van der Waals surface area (Å²) in [4.78, 5) is 0. The molecule has 1 atom stereocenters. The summed E-state index contributed by atoms with van der Waals surface area (Å²) in [5, 5.41) is 3.51. The summed E-state index contributed by atoms with van der Waals surface area (Å²) in [7, 11) is 5.51.